The first-order chi connectivity index (χ1) is 9.19. The number of unbranched alkanes of at least 4 members (excludes halogenated alkanes) is 2. The Hall–Kier alpha value is -0.990. The Bertz CT molecular complexity index is 639. The summed E-state index contributed by atoms with van der Waals surface area (Å²) >= 11 is 0. The lowest BCUT2D eigenvalue weighted by atomic mass is 10.2. The third-order valence-electron chi connectivity index (χ3n) is 2.89. The highest BCUT2D eigenvalue weighted by atomic mass is 32.3. The van der Waals surface area contributed by atoms with Gasteiger partial charge in [-0.3, -0.25) is 0 Å². The summed E-state index contributed by atoms with van der Waals surface area (Å²) in [7, 11) is -7.01. The molecule has 0 amide bonds. The van der Waals surface area contributed by atoms with E-state index >= 15 is 0 Å². The van der Waals surface area contributed by atoms with Gasteiger partial charge in [0.05, 0.1) is 9.79 Å². The Morgan fingerprint density at radius 1 is 1.00 bits per heavy atom. The van der Waals surface area contributed by atoms with E-state index in [-0.39, 0.29) is 4.90 Å². The van der Waals surface area contributed by atoms with Gasteiger partial charge in [-0.2, -0.15) is 8.42 Å². The molecule has 0 atom stereocenters. The normalized spacial score (nSPS) is 12.8. The number of sulfonamides is 1. The van der Waals surface area contributed by atoms with Crippen molar-refractivity contribution in [3.8, 4) is 0 Å². The van der Waals surface area contributed by atoms with Crippen molar-refractivity contribution in [2.45, 2.75) is 36.0 Å². The molecule has 8 heteroatoms. The maximum Gasteiger partial charge on any atom is 0.332 e. The van der Waals surface area contributed by atoms with Gasteiger partial charge < -0.3 is 0 Å². The number of benzene rings is 1. The van der Waals surface area contributed by atoms with Crippen molar-refractivity contribution in [2.75, 3.05) is 13.6 Å². The SMILES string of the molecule is CCCCCN(C)S(=O)(=O)c1ccc(S(=O)(=O)F)cc1. The minimum atomic E-state index is -4.81. The fourth-order valence-electron chi connectivity index (χ4n) is 1.66. The second kappa shape index (κ2) is 6.64. The summed E-state index contributed by atoms with van der Waals surface area (Å²) in [6.45, 7) is 2.41. The van der Waals surface area contributed by atoms with Crippen LogP contribution >= 0.6 is 0 Å². The van der Waals surface area contributed by atoms with Crippen LogP contribution in [0.3, 0.4) is 0 Å². The van der Waals surface area contributed by atoms with Gasteiger partial charge >= 0.3 is 10.2 Å². The zero-order valence-electron chi connectivity index (χ0n) is 11.4. The molecule has 0 radical (unpaired) electrons. The zero-order valence-corrected chi connectivity index (χ0v) is 13.0. The van der Waals surface area contributed by atoms with E-state index in [0.29, 0.717) is 6.54 Å². The number of hydrogen-bond acceptors (Lipinski definition) is 4. The maximum atomic E-state index is 12.7. The lowest BCUT2D eigenvalue weighted by Gasteiger charge is -2.17. The van der Waals surface area contributed by atoms with E-state index in [1.165, 1.54) is 11.4 Å². The topological polar surface area (TPSA) is 71.5 Å². The van der Waals surface area contributed by atoms with Gasteiger partial charge in [-0.15, -0.1) is 3.89 Å². The van der Waals surface area contributed by atoms with Gasteiger partial charge in [0.2, 0.25) is 10.0 Å². The zero-order chi connectivity index (χ0) is 15.4. The van der Waals surface area contributed by atoms with Gasteiger partial charge in [0, 0.05) is 13.6 Å². The van der Waals surface area contributed by atoms with Crippen LogP contribution in [-0.2, 0) is 20.2 Å². The Kier molecular flexibility index (Phi) is 5.67. The van der Waals surface area contributed by atoms with E-state index in [9.17, 15) is 20.7 Å². The molecule has 1 rings (SSSR count). The van der Waals surface area contributed by atoms with Crippen LogP contribution in [0.2, 0.25) is 0 Å². The van der Waals surface area contributed by atoms with Gasteiger partial charge in [0.1, 0.15) is 0 Å². The van der Waals surface area contributed by atoms with Gasteiger partial charge in [-0.05, 0) is 30.7 Å². The van der Waals surface area contributed by atoms with E-state index in [4.69, 9.17) is 0 Å². The highest BCUT2D eigenvalue weighted by Crippen LogP contribution is 2.19. The number of halogens is 1. The van der Waals surface area contributed by atoms with E-state index in [0.717, 1.165) is 43.5 Å². The summed E-state index contributed by atoms with van der Waals surface area (Å²) in [5.41, 5.74) is 0. The average molecular weight is 323 g/mol. The molecule has 0 aliphatic heterocycles. The van der Waals surface area contributed by atoms with Crippen LogP contribution in [0.4, 0.5) is 3.89 Å². The third kappa shape index (κ3) is 4.26. The first kappa shape index (κ1) is 17.1. The van der Waals surface area contributed by atoms with Crippen molar-refractivity contribution >= 4 is 20.2 Å². The molecule has 0 saturated heterocycles. The fraction of sp³-hybridized carbons (Fsp3) is 0.500. The highest BCUT2D eigenvalue weighted by Gasteiger charge is 2.21. The second-order valence-corrected chi connectivity index (χ2v) is 7.83. The molecule has 0 fully saturated rings. The van der Waals surface area contributed by atoms with Crippen LogP contribution in [0.25, 0.3) is 0 Å². The van der Waals surface area contributed by atoms with Crippen LogP contribution in [-0.4, -0.2) is 34.7 Å². The fourth-order valence-corrected chi connectivity index (χ4v) is 3.33. The summed E-state index contributed by atoms with van der Waals surface area (Å²) in [5, 5.41) is 0. The first-order valence-electron chi connectivity index (χ1n) is 6.20. The predicted molar refractivity (Wildman–Crippen MR) is 74.1 cm³/mol. The van der Waals surface area contributed by atoms with Crippen LogP contribution in [0.5, 0.6) is 0 Å². The molecule has 0 saturated carbocycles. The van der Waals surface area contributed by atoms with Gasteiger partial charge in [0.25, 0.3) is 0 Å². The van der Waals surface area contributed by atoms with E-state index in [2.05, 4.69) is 0 Å². The molecule has 5 nitrogen and oxygen atoms in total. The lowest BCUT2D eigenvalue weighted by Crippen LogP contribution is -2.28. The first-order valence-corrected chi connectivity index (χ1v) is 9.03. The molecule has 1 aromatic rings. The van der Waals surface area contributed by atoms with Crippen molar-refractivity contribution in [2.24, 2.45) is 0 Å². The molecular formula is C12H18FNO4S2. The number of nitrogens with zero attached hydrogens (tertiary/aromatic N) is 1. The molecule has 114 valence electrons. The molecule has 0 aliphatic rings. The molecule has 0 unspecified atom stereocenters. The summed E-state index contributed by atoms with van der Waals surface area (Å²) in [6, 6.07) is 4.08. The molecule has 1 aromatic carbocycles. The molecule has 0 N–H and O–H groups in total. The highest BCUT2D eigenvalue weighted by molar-refractivity contribution is 7.89. The Balaban J connectivity index is 2.93. The quantitative estimate of drug-likeness (QED) is 0.569. The van der Waals surface area contributed by atoms with Gasteiger partial charge in [0.15, 0.2) is 0 Å². The van der Waals surface area contributed by atoms with Crippen LogP contribution < -0.4 is 0 Å². The molecule has 0 spiro atoms. The Labute approximate surface area is 119 Å². The minimum Gasteiger partial charge on any atom is -0.207 e. The lowest BCUT2D eigenvalue weighted by molar-refractivity contribution is 0.454. The Morgan fingerprint density at radius 3 is 1.95 bits per heavy atom. The standard InChI is InChI=1S/C12H18FNO4S2/c1-3-4-5-10-14(2)20(17,18)12-8-6-11(7-9-12)19(13,15)16/h6-9H,3-5,10H2,1-2H3. The molecule has 20 heavy (non-hydrogen) atoms. The van der Waals surface area contributed by atoms with Gasteiger partial charge in [-0.1, -0.05) is 19.8 Å². The van der Waals surface area contributed by atoms with Crippen molar-refractivity contribution in [3.05, 3.63) is 24.3 Å². The molecule has 0 bridgehead atoms. The smallest absolute Gasteiger partial charge is 0.207 e. The van der Waals surface area contributed by atoms with Crippen LogP contribution in [0, 0.1) is 0 Å². The second-order valence-electron chi connectivity index (χ2n) is 4.44. The summed E-state index contributed by atoms with van der Waals surface area (Å²) < 4.78 is 59.6. The summed E-state index contributed by atoms with van der Waals surface area (Å²) in [6.07, 6.45) is 2.67. The number of hydrogen-bond donors (Lipinski definition) is 0. The van der Waals surface area contributed by atoms with Crippen LogP contribution in [0.1, 0.15) is 26.2 Å². The summed E-state index contributed by atoms with van der Waals surface area (Å²) in [5.74, 6) is 0. The largest absolute Gasteiger partial charge is 0.332 e. The Morgan fingerprint density at radius 2 is 1.50 bits per heavy atom. The van der Waals surface area contributed by atoms with Crippen molar-refractivity contribution in [1.29, 1.82) is 0 Å². The van der Waals surface area contributed by atoms with Crippen molar-refractivity contribution in [3.63, 3.8) is 0 Å². The average Bonchev–Trinajstić information content (AvgIpc) is 2.38. The molecule has 0 aliphatic carbocycles. The maximum absolute atomic E-state index is 12.7. The number of rotatable bonds is 7. The van der Waals surface area contributed by atoms with Crippen molar-refractivity contribution < 1.29 is 20.7 Å². The molecule has 0 heterocycles. The van der Waals surface area contributed by atoms with E-state index in [1.807, 2.05) is 6.92 Å². The minimum absolute atomic E-state index is 0.0519. The van der Waals surface area contributed by atoms with Gasteiger partial charge in [-0.25, -0.2) is 12.7 Å². The van der Waals surface area contributed by atoms with Crippen LogP contribution in [0.15, 0.2) is 34.1 Å². The van der Waals surface area contributed by atoms with E-state index < -0.39 is 25.1 Å². The van der Waals surface area contributed by atoms with E-state index in [1.54, 1.807) is 0 Å². The molecular weight excluding hydrogens is 305 g/mol. The predicted octanol–water partition coefficient (Wildman–Crippen LogP) is 2.16. The van der Waals surface area contributed by atoms with Crippen molar-refractivity contribution in [1.82, 2.24) is 4.31 Å². The summed E-state index contributed by atoms with van der Waals surface area (Å²) in [4.78, 5) is -0.603. The molecule has 0 aromatic heterocycles. The monoisotopic (exact) mass is 323 g/mol. The third-order valence-corrected chi connectivity index (χ3v) is 5.60.